The van der Waals surface area contributed by atoms with Crippen LogP contribution >= 0.6 is 0 Å². The predicted octanol–water partition coefficient (Wildman–Crippen LogP) is 4.80. The van der Waals surface area contributed by atoms with Crippen LogP contribution in [-0.4, -0.2) is 24.2 Å². The fourth-order valence-electron chi connectivity index (χ4n) is 3.14. The molecule has 0 aromatic heterocycles. The summed E-state index contributed by atoms with van der Waals surface area (Å²) < 4.78 is 129. The van der Waals surface area contributed by atoms with Gasteiger partial charge < -0.3 is 0 Å². The number of hydrogen-bond donors (Lipinski definition) is 0. The SMILES string of the molecule is FC(F)(F)C1(C(F)(F)F)C(C2CCC2)C(F)(F)C1(F)F. The molecule has 0 radical (unpaired) electrons. The van der Waals surface area contributed by atoms with Crippen LogP contribution in [0.1, 0.15) is 19.3 Å². The smallest absolute Gasteiger partial charge is 0.200 e. The minimum Gasteiger partial charge on any atom is -0.200 e. The fourth-order valence-corrected chi connectivity index (χ4v) is 3.14. The molecule has 0 aliphatic heterocycles. The fraction of sp³-hybridized carbons (Fsp3) is 1.00. The van der Waals surface area contributed by atoms with Crippen LogP contribution in [0.2, 0.25) is 0 Å². The Morgan fingerprint density at radius 1 is 0.750 bits per heavy atom. The van der Waals surface area contributed by atoms with Crippen LogP contribution in [-0.2, 0) is 0 Å². The van der Waals surface area contributed by atoms with Crippen molar-refractivity contribution in [1.29, 1.82) is 0 Å². The summed E-state index contributed by atoms with van der Waals surface area (Å²) in [5, 5.41) is 0. The van der Waals surface area contributed by atoms with Gasteiger partial charge in [-0.15, -0.1) is 0 Å². The Labute approximate surface area is 106 Å². The molecule has 2 fully saturated rings. The molecule has 10 heteroatoms. The van der Waals surface area contributed by atoms with Gasteiger partial charge in [-0.2, -0.15) is 43.9 Å². The molecule has 0 nitrogen and oxygen atoms in total. The van der Waals surface area contributed by atoms with Crippen molar-refractivity contribution in [3.63, 3.8) is 0 Å². The molecule has 0 N–H and O–H groups in total. The van der Waals surface area contributed by atoms with Crippen molar-refractivity contribution in [1.82, 2.24) is 0 Å². The summed E-state index contributed by atoms with van der Waals surface area (Å²) in [6.07, 6.45) is -13.5. The van der Waals surface area contributed by atoms with E-state index in [0.29, 0.717) is 0 Å². The van der Waals surface area contributed by atoms with E-state index in [1.54, 1.807) is 0 Å². The number of rotatable bonds is 1. The molecule has 1 atom stereocenters. The van der Waals surface area contributed by atoms with E-state index in [1.807, 2.05) is 0 Å². The van der Waals surface area contributed by atoms with E-state index >= 15 is 0 Å². The Hall–Kier alpha value is -0.700. The van der Waals surface area contributed by atoms with Gasteiger partial charge in [-0.3, -0.25) is 0 Å². The van der Waals surface area contributed by atoms with Gasteiger partial charge in [0, 0.05) is 0 Å². The molecule has 0 aromatic rings. The van der Waals surface area contributed by atoms with Crippen LogP contribution in [0.3, 0.4) is 0 Å². The van der Waals surface area contributed by atoms with E-state index in [1.165, 1.54) is 0 Å². The van der Waals surface area contributed by atoms with Crippen LogP contribution in [0.25, 0.3) is 0 Å². The zero-order chi connectivity index (χ0) is 15.8. The summed E-state index contributed by atoms with van der Waals surface area (Å²) in [6, 6.07) is 0. The van der Waals surface area contributed by atoms with Crippen LogP contribution in [0, 0.1) is 17.3 Å². The minimum absolute atomic E-state index is 0.147. The number of alkyl halides is 10. The van der Waals surface area contributed by atoms with Crippen molar-refractivity contribution in [3.05, 3.63) is 0 Å². The maximum Gasteiger partial charge on any atom is 0.409 e. The van der Waals surface area contributed by atoms with Crippen LogP contribution < -0.4 is 0 Å². The summed E-state index contributed by atoms with van der Waals surface area (Å²) in [6.45, 7) is 0. The van der Waals surface area contributed by atoms with E-state index in [-0.39, 0.29) is 19.3 Å². The highest BCUT2D eigenvalue weighted by atomic mass is 19.4. The third-order valence-electron chi connectivity index (χ3n) is 4.29. The largest absolute Gasteiger partial charge is 0.409 e. The Kier molecular flexibility index (Phi) is 2.93. The van der Waals surface area contributed by atoms with Crippen molar-refractivity contribution in [2.24, 2.45) is 17.3 Å². The van der Waals surface area contributed by atoms with Crippen molar-refractivity contribution in [2.75, 3.05) is 0 Å². The highest BCUT2D eigenvalue weighted by Crippen LogP contribution is 2.79. The lowest BCUT2D eigenvalue weighted by molar-refractivity contribution is -0.531. The standard InChI is InChI=1S/C10H8F10/c11-7(12)5(4-2-1-3-4)6(8(7,13)14,9(15,16)17)10(18,19)20/h4-5H,1-3H2. The maximum absolute atomic E-state index is 13.3. The second-order valence-electron chi connectivity index (χ2n) is 5.17. The molecule has 2 aliphatic carbocycles. The van der Waals surface area contributed by atoms with Crippen molar-refractivity contribution < 1.29 is 43.9 Å². The summed E-state index contributed by atoms with van der Waals surface area (Å²) in [5.74, 6) is -16.7. The van der Waals surface area contributed by atoms with Gasteiger partial charge in [-0.1, -0.05) is 6.42 Å². The minimum atomic E-state index is -6.50. The van der Waals surface area contributed by atoms with Gasteiger partial charge in [-0.05, 0) is 18.8 Å². The van der Waals surface area contributed by atoms with Gasteiger partial charge in [0.05, 0.1) is 5.92 Å². The van der Waals surface area contributed by atoms with Gasteiger partial charge >= 0.3 is 24.2 Å². The first-order valence-corrected chi connectivity index (χ1v) is 5.62. The first-order chi connectivity index (χ1) is 8.73. The molecule has 2 saturated carbocycles. The normalized spacial score (nSPS) is 32.4. The molecule has 2 rings (SSSR count). The second-order valence-corrected chi connectivity index (χ2v) is 5.17. The molecule has 0 heterocycles. The van der Waals surface area contributed by atoms with Gasteiger partial charge in [0.1, 0.15) is 0 Å². The number of halogens is 10. The van der Waals surface area contributed by atoms with E-state index in [4.69, 9.17) is 0 Å². The molecule has 0 amide bonds. The molecular weight excluding hydrogens is 310 g/mol. The number of hydrogen-bond acceptors (Lipinski definition) is 0. The summed E-state index contributed by atoms with van der Waals surface area (Å²) in [5.41, 5.74) is -5.67. The lowest BCUT2D eigenvalue weighted by Crippen LogP contribution is -2.84. The van der Waals surface area contributed by atoms with E-state index < -0.39 is 41.4 Å². The second kappa shape index (κ2) is 3.73. The topological polar surface area (TPSA) is 0 Å². The lowest BCUT2D eigenvalue weighted by Gasteiger charge is -2.63. The molecule has 2 aliphatic rings. The van der Waals surface area contributed by atoms with Gasteiger partial charge in [0.25, 0.3) is 0 Å². The average molecular weight is 318 g/mol. The Morgan fingerprint density at radius 3 is 1.40 bits per heavy atom. The molecule has 0 aromatic carbocycles. The molecular formula is C10H8F10. The zero-order valence-corrected chi connectivity index (χ0v) is 9.56. The Morgan fingerprint density at radius 2 is 1.15 bits per heavy atom. The summed E-state index contributed by atoms with van der Waals surface area (Å²) >= 11 is 0. The average Bonchev–Trinajstić information content (AvgIpc) is 2.08. The third-order valence-corrected chi connectivity index (χ3v) is 4.29. The molecule has 1 unspecified atom stereocenters. The van der Waals surface area contributed by atoms with Crippen LogP contribution in [0.15, 0.2) is 0 Å². The summed E-state index contributed by atoms with van der Waals surface area (Å²) in [7, 11) is 0. The first kappa shape index (κ1) is 15.7. The van der Waals surface area contributed by atoms with Crippen molar-refractivity contribution >= 4 is 0 Å². The lowest BCUT2D eigenvalue weighted by atomic mass is 9.46. The van der Waals surface area contributed by atoms with E-state index in [9.17, 15) is 43.9 Å². The van der Waals surface area contributed by atoms with Gasteiger partial charge in [0.15, 0.2) is 0 Å². The molecule has 20 heavy (non-hydrogen) atoms. The Balaban J connectivity index is 2.63. The van der Waals surface area contributed by atoms with Crippen LogP contribution in [0.5, 0.6) is 0 Å². The molecule has 118 valence electrons. The van der Waals surface area contributed by atoms with Gasteiger partial charge in [0.2, 0.25) is 5.41 Å². The monoisotopic (exact) mass is 318 g/mol. The van der Waals surface area contributed by atoms with Crippen molar-refractivity contribution in [3.8, 4) is 0 Å². The quantitative estimate of drug-likeness (QED) is 0.609. The Bertz CT molecular complexity index is 385. The first-order valence-electron chi connectivity index (χ1n) is 5.62. The highest BCUT2D eigenvalue weighted by molar-refractivity contribution is 5.26. The van der Waals surface area contributed by atoms with E-state index in [2.05, 4.69) is 0 Å². The van der Waals surface area contributed by atoms with Gasteiger partial charge in [-0.25, -0.2) is 0 Å². The highest BCUT2D eigenvalue weighted by Gasteiger charge is 3.02. The predicted molar refractivity (Wildman–Crippen MR) is 45.3 cm³/mol. The van der Waals surface area contributed by atoms with Crippen LogP contribution in [0.4, 0.5) is 43.9 Å². The van der Waals surface area contributed by atoms with E-state index in [0.717, 1.165) is 0 Å². The summed E-state index contributed by atoms with van der Waals surface area (Å²) in [4.78, 5) is 0. The molecule has 0 bridgehead atoms. The van der Waals surface area contributed by atoms with Crippen molar-refractivity contribution in [2.45, 2.75) is 43.5 Å². The molecule has 0 spiro atoms. The molecule has 0 saturated heterocycles. The zero-order valence-electron chi connectivity index (χ0n) is 9.56. The maximum atomic E-state index is 13.3. The third kappa shape index (κ3) is 1.40.